The van der Waals surface area contributed by atoms with Crippen LogP contribution in [0.4, 0.5) is 5.69 Å². The van der Waals surface area contributed by atoms with E-state index < -0.39 is 0 Å². The molecule has 1 saturated heterocycles. The first kappa shape index (κ1) is 23.8. The topological polar surface area (TPSA) is 42.0 Å². The Bertz CT molecular complexity index is 1530. The van der Waals surface area contributed by atoms with Crippen LogP contribution in [0.1, 0.15) is 34.3 Å². The summed E-state index contributed by atoms with van der Waals surface area (Å²) in [5, 5.41) is 2.13. The Morgan fingerprint density at radius 1 is 0.846 bits per heavy atom. The molecular formula is C34H32N2O3. The minimum absolute atomic E-state index is 0.00108. The van der Waals surface area contributed by atoms with Gasteiger partial charge in [0.2, 0.25) is 6.79 Å². The summed E-state index contributed by atoms with van der Waals surface area (Å²) in [6, 6.07) is 33.6. The normalized spacial score (nSPS) is 18.4. The third-order valence-electron chi connectivity index (χ3n) is 8.76. The largest absolute Gasteiger partial charge is 0.462 e. The van der Waals surface area contributed by atoms with Gasteiger partial charge in [-0.2, -0.15) is 0 Å². The van der Waals surface area contributed by atoms with Crippen molar-refractivity contribution < 1.29 is 14.3 Å². The van der Waals surface area contributed by atoms with Gasteiger partial charge < -0.3 is 19.3 Å². The lowest BCUT2D eigenvalue weighted by Gasteiger charge is -2.41. The Labute approximate surface area is 229 Å². The van der Waals surface area contributed by atoms with Gasteiger partial charge in [-0.15, -0.1) is 0 Å². The summed E-state index contributed by atoms with van der Waals surface area (Å²) in [6.07, 6.45) is 4.50. The van der Waals surface area contributed by atoms with E-state index in [9.17, 15) is 4.79 Å². The fourth-order valence-electron chi connectivity index (χ4n) is 6.72. The average Bonchev–Trinajstić information content (AvgIpc) is 3.64. The maximum Gasteiger partial charge on any atom is 0.254 e. The molecule has 0 aliphatic carbocycles. The van der Waals surface area contributed by atoms with Crippen LogP contribution >= 0.6 is 0 Å². The Hall–Kier alpha value is -4.25. The molecule has 1 unspecified atom stereocenters. The molecule has 0 saturated carbocycles. The maximum absolute atomic E-state index is 13.7. The molecule has 1 amide bonds. The highest BCUT2D eigenvalue weighted by atomic mass is 16.7. The van der Waals surface area contributed by atoms with Crippen LogP contribution in [0.5, 0.6) is 0 Å². The molecule has 5 nitrogen and oxygen atoms in total. The highest BCUT2D eigenvalue weighted by molar-refractivity contribution is 6.07. The van der Waals surface area contributed by atoms with E-state index in [1.807, 2.05) is 24.3 Å². The molecule has 3 aliphatic heterocycles. The van der Waals surface area contributed by atoms with Crippen LogP contribution in [0, 0.1) is 0 Å². The Balaban J connectivity index is 1.16. The fourth-order valence-corrected chi connectivity index (χ4v) is 6.72. The number of rotatable bonds is 5. The van der Waals surface area contributed by atoms with E-state index in [1.165, 1.54) is 16.8 Å². The zero-order valence-corrected chi connectivity index (χ0v) is 22.0. The minimum Gasteiger partial charge on any atom is -0.462 e. The molecule has 1 fully saturated rings. The fraction of sp³-hybridized carbons (Fsp3) is 0.265. The molecule has 1 atom stereocenters. The molecule has 1 spiro atoms. The number of piperidine rings is 1. The number of carbonyl (C=O) groups is 1. The van der Waals surface area contributed by atoms with Crippen molar-refractivity contribution >= 4 is 22.4 Å². The number of amides is 1. The summed E-state index contributed by atoms with van der Waals surface area (Å²) >= 11 is 0. The second kappa shape index (κ2) is 9.81. The molecule has 5 heteroatoms. The van der Waals surface area contributed by atoms with Gasteiger partial charge in [-0.3, -0.25) is 4.79 Å². The third-order valence-corrected chi connectivity index (χ3v) is 8.76. The SMILES string of the molecule is O=C(c1cccc2ccccc12)N1CCC2(CC1)CN(C(Cc1ccccc1)C1=COCO1)c1ccccc12. The monoisotopic (exact) mass is 516 g/mol. The number of ether oxygens (including phenoxy) is 2. The van der Waals surface area contributed by atoms with Crippen molar-refractivity contribution in [3.63, 3.8) is 0 Å². The number of hydrogen-bond acceptors (Lipinski definition) is 4. The van der Waals surface area contributed by atoms with Crippen molar-refractivity contribution in [2.24, 2.45) is 0 Å². The summed E-state index contributed by atoms with van der Waals surface area (Å²) in [6.45, 7) is 2.67. The van der Waals surface area contributed by atoms with Crippen LogP contribution < -0.4 is 4.90 Å². The number of benzene rings is 4. The molecule has 3 heterocycles. The quantitative estimate of drug-likeness (QED) is 0.313. The van der Waals surface area contributed by atoms with Crippen LogP contribution in [-0.4, -0.2) is 43.3 Å². The molecule has 196 valence electrons. The van der Waals surface area contributed by atoms with Gasteiger partial charge in [-0.1, -0.05) is 84.9 Å². The number of fused-ring (bicyclic) bond motifs is 3. The second-order valence-corrected chi connectivity index (χ2v) is 10.9. The minimum atomic E-state index is 0.00108. The van der Waals surface area contributed by atoms with Crippen LogP contribution in [0.3, 0.4) is 0 Å². The van der Waals surface area contributed by atoms with Crippen LogP contribution in [0.25, 0.3) is 10.8 Å². The van der Waals surface area contributed by atoms with Crippen molar-refractivity contribution in [3.8, 4) is 0 Å². The molecule has 0 N–H and O–H groups in total. The summed E-state index contributed by atoms with van der Waals surface area (Å²) in [5.74, 6) is 1.02. The highest BCUT2D eigenvalue weighted by Crippen LogP contribution is 2.49. The number of hydrogen-bond donors (Lipinski definition) is 0. The number of anilines is 1. The van der Waals surface area contributed by atoms with Gasteiger partial charge in [-0.05, 0) is 46.9 Å². The summed E-state index contributed by atoms with van der Waals surface area (Å²) in [5.41, 5.74) is 4.73. The maximum atomic E-state index is 13.7. The summed E-state index contributed by atoms with van der Waals surface area (Å²) in [7, 11) is 0. The van der Waals surface area contributed by atoms with Crippen molar-refractivity contribution in [2.75, 3.05) is 31.3 Å². The van der Waals surface area contributed by atoms with E-state index in [4.69, 9.17) is 9.47 Å². The van der Waals surface area contributed by atoms with E-state index in [0.717, 1.165) is 61.0 Å². The van der Waals surface area contributed by atoms with Gasteiger partial charge >= 0.3 is 0 Å². The first-order valence-electron chi connectivity index (χ1n) is 13.8. The Kier molecular flexibility index (Phi) is 5.99. The molecule has 7 rings (SSSR count). The lowest BCUT2D eigenvalue weighted by atomic mass is 9.74. The predicted molar refractivity (Wildman–Crippen MR) is 154 cm³/mol. The van der Waals surface area contributed by atoms with E-state index in [2.05, 4.69) is 82.6 Å². The molecular weight excluding hydrogens is 484 g/mol. The second-order valence-electron chi connectivity index (χ2n) is 10.9. The first-order chi connectivity index (χ1) is 19.2. The predicted octanol–water partition coefficient (Wildman–Crippen LogP) is 6.29. The zero-order valence-electron chi connectivity index (χ0n) is 22.0. The summed E-state index contributed by atoms with van der Waals surface area (Å²) in [4.78, 5) is 18.3. The van der Waals surface area contributed by atoms with Crippen molar-refractivity contribution in [1.82, 2.24) is 4.90 Å². The van der Waals surface area contributed by atoms with E-state index in [0.29, 0.717) is 0 Å². The van der Waals surface area contributed by atoms with Crippen molar-refractivity contribution in [3.05, 3.63) is 126 Å². The van der Waals surface area contributed by atoms with Gasteiger partial charge in [0.25, 0.3) is 5.91 Å². The van der Waals surface area contributed by atoms with Crippen LogP contribution in [0.2, 0.25) is 0 Å². The van der Waals surface area contributed by atoms with Crippen LogP contribution in [0.15, 0.2) is 109 Å². The van der Waals surface area contributed by atoms with E-state index in [1.54, 1.807) is 6.26 Å². The molecule has 4 aromatic rings. The molecule has 0 aromatic heterocycles. The number of para-hydroxylation sites is 1. The smallest absolute Gasteiger partial charge is 0.254 e. The molecule has 0 bridgehead atoms. The lowest BCUT2D eigenvalue weighted by molar-refractivity contribution is 0.0672. The van der Waals surface area contributed by atoms with Crippen molar-refractivity contribution in [1.29, 1.82) is 0 Å². The van der Waals surface area contributed by atoms with Gasteiger partial charge in [0.1, 0.15) is 6.26 Å². The van der Waals surface area contributed by atoms with Gasteiger partial charge in [-0.25, -0.2) is 0 Å². The first-order valence-corrected chi connectivity index (χ1v) is 13.8. The third kappa shape index (κ3) is 4.22. The van der Waals surface area contributed by atoms with E-state index in [-0.39, 0.29) is 24.2 Å². The molecule has 0 radical (unpaired) electrons. The highest BCUT2D eigenvalue weighted by Gasteiger charge is 2.47. The number of likely N-dealkylation sites (tertiary alicyclic amines) is 1. The van der Waals surface area contributed by atoms with Gasteiger partial charge in [0, 0.05) is 42.7 Å². The zero-order chi connectivity index (χ0) is 26.2. The Morgan fingerprint density at radius 2 is 1.59 bits per heavy atom. The number of nitrogens with zero attached hydrogens (tertiary/aromatic N) is 2. The van der Waals surface area contributed by atoms with Gasteiger partial charge in [0.05, 0.1) is 6.04 Å². The molecule has 39 heavy (non-hydrogen) atoms. The Morgan fingerprint density at radius 3 is 2.41 bits per heavy atom. The molecule has 4 aromatic carbocycles. The van der Waals surface area contributed by atoms with Crippen molar-refractivity contribution in [2.45, 2.75) is 30.7 Å². The standard InChI is InChI=1S/C34H32N2O3/c37-33(28-14-8-12-26-11-4-5-13-27(26)28)35-19-17-34(18-20-35)23-36(30-16-7-6-15-29(30)34)31(32-22-38-24-39-32)21-25-9-2-1-3-10-25/h1-16,22,31H,17-21,23-24H2. The van der Waals surface area contributed by atoms with Gasteiger partial charge in [0.15, 0.2) is 5.76 Å². The number of carbonyl (C=O) groups excluding carboxylic acids is 1. The molecule has 3 aliphatic rings. The lowest BCUT2D eigenvalue weighted by Crippen LogP contribution is -2.49. The summed E-state index contributed by atoms with van der Waals surface area (Å²) < 4.78 is 11.5. The average molecular weight is 517 g/mol. The van der Waals surface area contributed by atoms with Crippen LogP contribution in [-0.2, 0) is 21.3 Å². The van der Waals surface area contributed by atoms with E-state index >= 15 is 0 Å².